The summed E-state index contributed by atoms with van der Waals surface area (Å²) in [6.07, 6.45) is 0. The zero-order chi connectivity index (χ0) is 12.7. The molecule has 4 heteroatoms. The molecule has 0 aromatic heterocycles. The third-order valence-corrected chi connectivity index (χ3v) is 2.81. The van der Waals surface area contributed by atoms with Crippen molar-refractivity contribution in [2.24, 2.45) is 5.73 Å². The first-order chi connectivity index (χ1) is 8.15. The predicted octanol–water partition coefficient (Wildman–Crippen LogP) is 0.827. The van der Waals surface area contributed by atoms with E-state index in [1.54, 1.807) is 6.07 Å². The highest BCUT2D eigenvalue weighted by atomic mass is 16.1. The average molecular weight is 235 g/mol. The zero-order valence-electron chi connectivity index (χ0n) is 10.6. The molecule has 0 fully saturated rings. The van der Waals surface area contributed by atoms with Gasteiger partial charge in [-0.05, 0) is 25.2 Å². The SMILES string of the molecule is CCN(C)CCNCc1ccccc1C(N)=O. The van der Waals surface area contributed by atoms with E-state index in [0.717, 1.165) is 25.2 Å². The third kappa shape index (κ3) is 4.54. The van der Waals surface area contributed by atoms with Crippen LogP contribution >= 0.6 is 0 Å². The third-order valence-electron chi connectivity index (χ3n) is 2.81. The van der Waals surface area contributed by atoms with Crippen LogP contribution in [0.2, 0.25) is 0 Å². The standard InChI is InChI=1S/C13H21N3O/c1-3-16(2)9-8-15-10-11-6-4-5-7-12(11)13(14)17/h4-7,15H,3,8-10H2,1-2H3,(H2,14,17). The molecular formula is C13H21N3O. The molecule has 0 saturated carbocycles. The van der Waals surface area contributed by atoms with Gasteiger partial charge in [0.15, 0.2) is 0 Å². The lowest BCUT2D eigenvalue weighted by Crippen LogP contribution is -2.29. The number of nitrogens with one attached hydrogen (secondary N) is 1. The van der Waals surface area contributed by atoms with E-state index in [1.165, 1.54) is 0 Å². The number of carbonyl (C=O) groups excluding carboxylic acids is 1. The average Bonchev–Trinajstić information content (AvgIpc) is 2.34. The van der Waals surface area contributed by atoms with Crippen LogP contribution in [0.5, 0.6) is 0 Å². The summed E-state index contributed by atoms with van der Waals surface area (Å²) >= 11 is 0. The number of benzene rings is 1. The second-order valence-corrected chi connectivity index (χ2v) is 4.09. The van der Waals surface area contributed by atoms with Gasteiger partial charge in [0.25, 0.3) is 0 Å². The maximum Gasteiger partial charge on any atom is 0.249 e. The van der Waals surface area contributed by atoms with Crippen LogP contribution in [0, 0.1) is 0 Å². The fourth-order valence-corrected chi connectivity index (χ4v) is 1.57. The van der Waals surface area contributed by atoms with Gasteiger partial charge in [-0.3, -0.25) is 4.79 Å². The minimum absolute atomic E-state index is 0.368. The molecule has 0 atom stereocenters. The van der Waals surface area contributed by atoms with Crippen molar-refractivity contribution in [2.75, 3.05) is 26.7 Å². The van der Waals surface area contributed by atoms with Crippen molar-refractivity contribution in [1.29, 1.82) is 0 Å². The lowest BCUT2D eigenvalue weighted by atomic mass is 10.1. The molecule has 0 aliphatic heterocycles. The summed E-state index contributed by atoms with van der Waals surface area (Å²) in [7, 11) is 2.08. The fraction of sp³-hybridized carbons (Fsp3) is 0.462. The molecule has 0 bridgehead atoms. The highest BCUT2D eigenvalue weighted by Crippen LogP contribution is 2.07. The molecule has 17 heavy (non-hydrogen) atoms. The molecular weight excluding hydrogens is 214 g/mol. The topological polar surface area (TPSA) is 58.4 Å². The normalized spacial score (nSPS) is 10.8. The van der Waals surface area contributed by atoms with E-state index in [0.29, 0.717) is 12.1 Å². The minimum atomic E-state index is -0.368. The lowest BCUT2D eigenvalue weighted by molar-refractivity contribution is 0.0999. The molecule has 1 amide bonds. The fourth-order valence-electron chi connectivity index (χ4n) is 1.57. The second kappa shape index (κ2) is 7.04. The van der Waals surface area contributed by atoms with E-state index in [4.69, 9.17) is 5.73 Å². The van der Waals surface area contributed by atoms with Crippen molar-refractivity contribution in [2.45, 2.75) is 13.5 Å². The van der Waals surface area contributed by atoms with Crippen molar-refractivity contribution in [3.8, 4) is 0 Å². The molecule has 1 aromatic carbocycles. The zero-order valence-corrected chi connectivity index (χ0v) is 10.6. The molecule has 0 saturated heterocycles. The Morgan fingerprint density at radius 1 is 1.41 bits per heavy atom. The maximum atomic E-state index is 11.2. The van der Waals surface area contributed by atoms with Crippen LogP contribution in [0.3, 0.4) is 0 Å². The number of amides is 1. The van der Waals surface area contributed by atoms with E-state index in [1.807, 2.05) is 18.2 Å². The van der Waals surface area contributed by atoms with E-state index >= 15 is 0 Å². The number of rotatable bonds is 7. The van der Waals surface area contributed by atoms with Crippen molar-refractivity contribution in [3.63, 3.8) is 0 Å². The molecule has 0 aliphatic rings. The van der Waals surface area contributed by atoms with Gasteiger partial charge in [0.05, 0.1) is 0 Å². The Kier molecular flexibility index (Phi) is 5.66. The Hall–Kier alpha value is -1.39. The molecule has 3 N–H and O–H groups in total. The molecule has 4 nitrogen and oxygen atoms in total. The number of hydrogen-bond donors (Lipinski definition) is 2. The highest BCUT2D eigenvalue weighted by Gasteiger charge is 2.06. The number of nitrogens with zero attached hydrogens (tertiary/aromatic N) is 1. The van der Waals surface area contributed by atoms with E-state index in [-0.39, 0.29) is 5.91 Å². The van der Waals surface area contributed by atoms with Gasteiger partial charge < -0.3 is 16.0 Å². The van der Waals surface area contributed by atoms with Crippen molar-refractivity contribution >= 4 is 5.91 Å². The van der Waals surface area contributed by atoms with E-state index in [2.05, 4.69) is 24.2 Å². The highest BCUT2D eigenvalue weighted by molar-refractivity contribution is 5.94. The lowest BCUT2D eigenvalue weighted by Gasteiger charge is -2.14. The van der Waals surface area contributed by atoms with Crippen LogP contribution in [0.1, 0.15) is 22.8 Å². The van der Waals surface area contributed by atoms with Crippen LogP contribution in [0.25, 0.3) is 0 Å². The monoisotopic (exact) mass is 235 g/mol. The first-order valence-electron chi connectivity index (χ1n) is 5.92. The van der Waals surface area contributed by atoms with Crippen LogP contribution in [-0.4, -0.2) is 37.5 Å². The number of carbonyl (C=O) groups is 1. The van der Waals surface area contributed by atoms with Gasteiger partial charge >= 0.3 is 0 Å². The summed E-state index contributed by atoms with van der Waals surface area (Å²) < 4.78 is 0. The van der Waals surface area contributed by atoms with E-state index < -0.39 is 0 Å². The summed E-state index contributed by atoms with van der Waals surface area (Å²) in [5.41, 5.74) is 6.87. The predicted molar refractivity (Wildman–Crippen MR) is 69.8 cm³/mol. The summed E-state index contributed by atoms with van der Waals surface area (Å²) in [4.78, 5) is 13.4. The van der Waals surface area contributed by atoms with Crippen molar-refractivity contribution < 1.29 is 4.79 Å². The van der Waals surface area contributed by atoms with Crippen molar-refractivity contribution in [3.05, 3.63) is 35.4 Å². The van der Waals surface area contributed by atoms with E-state index in [9.17, 15) is 4.79 Å². The van der Waals surface area contributed by atoms with Gasteiger partial charge in [0.1, 0.15) is 0 Å². The molecule has 0 heterocycles. The van der Waals surface area contributed by atoms with Crippen molar-refractivity contribution in [1.82, 2.24) is 10.2 Å². The minimum Gasteiger partial charge on any atom is -0.366 e. The Balaban J connectivity index is 2.44. The van der Waals surface area contributed by atoms with Crippen LogP contribution in [-0.2, 0) is 6.54 Å². The van der Waals surface area contributed by atoms with Crippen LogP contribution < -0.4 is 11.1 Å². The molecule has 0 spiro atoms. The summed E-state index contributed by atoms with van der Waals surface area (Å²) in [6.45, 7) is 5.74. The molecule has 0 radical (unpaired) electrons. The summed E-state index contributed by atoms with van der Waals surface area (Å²) in [6, 6.07) is 7.43. The molecule has 1 rings (SSSR count). The summed E-state index contributed by atoms with van der Waals surface area (Å²) in [5.74, 6) is -0.368. The van der Waals surface area contributed by atoms with Gasteiger partial charge in [-0.1, -0.05) is 25.1 Å². The second-order valence-electron chi connectivity index (χ2n) is 4.09. The molecule has 0 aliphatic carbocycles. The Morgan fingerprint density at radius 2 is 2.12 bits per heavy atom. The van der Waals surface area contributed by atoms with Crippen LogP contribution in [0.15, 0.2) is 24.3 Å². The quantitative estimate of drug-likeness (QED) is 0.688. The maximum absolute atomic E-state index is 11.2. The first kappa shape index (κ1) is 13.7. The van der Waals surface area contributed by atoms with Gasteiger partial charge in [0.2, 0.25) is 5.91 Å². The molecule has 0 unspecified atom stereocenters. The smallest absolute Gasteiger partial charge is 0.249 e. The van der Waals surface area contributed by atoms with Gasteiger partial charge in [-0.15, -0.1) is 0 Å². The molecule has 94 valence electrons. The van der Waals surface area contributed by atoms with Gasteiger partial charge in [-0.25, -0.2) is 0 Å². The number of likely N-dealkylation sites (N-methyl/N-ethyl adjacent to an activating group) is 1. The summed E-state index contributed by atoms with van der Waals surface area (Å²) in [5, 5.41) is 3.31. The van der Waals surface area contributed by atoms with Gasteiger partial charge in [0, 0.05) is 25.2 Å². The van der Waals surface area contributed by atoms with Crippen LogP contribution in [0.4, 0.5) is 0 Å². The largest absolute Gasteiger partial charge is 0.366 e. The number of primary amides is 1. The number of hydrogen-bond acceptors (Lipinski definition) is 3. The first-order valence-corrected chi connectivity index (χ1v) is 5.92. The Labute approximate surface area is 103 Å². The Morgan fingerprint density at radius 3 is 2.76 bits per heavy atom. The Bertz CT molecular complexity index is 365. The van der Waals surface area contributed by atoms with Gasteiger partial charge in [-0.2, -0.15) is 0 Å². The molecule has 1 aromatic rings. The number of nitrogens with two attached hydrogens (primary N) is 1.